The highest BCUT2D eigenvalue weighted by Gasteiger charge is 2.30. The van der Waals surface area contributed by atoms with Gasteiger partial charge in [-0.3, -0.25) is 9.59 Å². The van der Waals surface area contributed by atoms with E-state index in [0.717, 1.165) is 5.56 Å². The van der Waals surface area contributed by atoms with Crippen LogP contribution in [0.15, 0.2) is 16.6 Å². The number of hydrogen-bond donors (Lipinski definition) is 2. The molecule has 1 amide bonds. The van der Waals surface area contributed by atoms with E-state index in [-0.39, 0.29) is 12.3 Å². The van der Waals surface area contributed by atoms with E-state index in [9.17, 15) is 9.59 Å². The Kier molecular flexibility index (Phi) is 4.98. The molecule has 0 aliphatic heterocycles. The predicted octanol–water partition coefficient (Wildman–Crippen LogP) is 3.85. The first kappa shape index (κ1) is 16.0. The third kappa shape index (κ3) is 4.21. The lowest BCUT2D eigenvalue weighted by Gasteiger charge is -2.18. The molecule has 0 spiro atoms. The maximum Gasteiger partial charge on any atom is 0.309 e. The number of amides is 1. The molecule has 0 aliphatic rings. The average molecular weight is 349 g/mol. The van der Waals surface area contributed by atoms with E-state index >= 15 is 0 Å². The van der Waals surface area contributed by atoms with E-state index in [2.05, 4.69) is 21.2 Å². The quantitative estimate of drug-likeness (QED) is 0.868. The van der Waals surface area contributed by atoms with Crippen molar-refractivity contribution in [1.82, 2.24) is 0 Å². The van der Waals surface area contributed by atoms with Gasteiger partial charge in [-0.05, 0) is 54.4 Å². The number of carboxylic acids is 1. The lowest BCUT2D eigenvalue weighted by Crippen LogP contribution is -2.29. The van der Waals surface area contributed by atoms with E-state index in [1.165, 1.54) is 13.8 Å². The number of carbonyl (C=O) groups excluding carboxylic acids is 1. The fourth-order valence-electron chi connectivity index (χ4n) is 1.41. The third-order valence-electron chi connectivity index (χ3n) is 2.70. The second-order valence-electron chi connectivity index (χ2n) is 5.00. The van der Waals surface area contributed by atoms with Crippen molar-refractivity contribution < 1.29 is 14.7 Å². The molecule has 2 N–H and O–H groups in total. The summed E-state index contributed by atoms with van der Waals surface area (Å²) in [7, 11) is 0. The Bertz CT molecular complexity index is 529. The topological polar surface area (TPSA) is 66.4 Å². The van der Waals surface area contributed by atoms with Gasteiger partial charge < -0.3 is 10.4 Å². The summed E-state index contributed by atoms with van der Waals surface area (Å²) < 4.78 is 0.705. The van der Waals surface area contributed by atoms with Gasteiger partial charge >= 0.3 is 5.97 Å². The van der Waals surface area contributed by atoms with Gasteiger partial charge in [0.2, 0.25) is 5.91 Å². The minimum absolute atomic E-state index is 0.111. The highest BCUT2D eigenvalue weighted by molar-refractivity contribution is 9.10. The monoisotopic (exact) mass is 347 g/mol. The molecule has 0 aromatic heterocycles. The summed E-state index contributed by atoms with van der Waals surface area (Å²) in [6.07, 6.45) is -0.111. The van der Waals surface area contributed by atoms with Gasteiger partial charge in [0.1, 0.15) is 0 Å². The van der Waals surface area contributed by atoms with Crippen molar-refractivity contribution in [3.05, 3.63) is 27.2 Å². The van der Waals surface area contributed by atoms with Gasteiger partial charge in [-0.1, -0.05) is 11.6 Å². The molecule has 0 unspecified atom stereocenters. The van der Waals surface area contributed by atoms with Crippen LogP contribution in [0.4, 0.5) is 5.69 Å². The molecule has 0 saturated carbocycles. The summed E-state index contributed by atoms with van der Waals surface area (Å²) in [5.41, 5.74) is 0.310. The average Bonchev–Trinajstić information content (AvgIpc) is 2.24. The van der Waals surface area contributed by atoms with E-state index in [0.29, 0.717) is 15.2 Å². The number of halogens is 2. The molecule has 1 aromatic carbocycles. The van der Waals surface area contributed by atoms with Gasteiger partial charge in [0, 0.05) is 15.9 Å². The van der Waals surface area contributed by atoms with Crippen LogP contribution < -0.4 is 5.32 Å². The van der Waals surface area contributed by atoms with Crippen LogP contribution in [0.25, 0.3) is 0 Å². The second kappa shape index (κ2) is 5.92. The number of hydrogen-bond acceptors (Lipinski definition) is 2. The zero-order valence-corrected chi connectivity index (χ0v) is 13.2. The molecule has 0 bridgehead atoms. The van der Waals surface area contributed by atoms with E-state index < -0.39 is 11.4 Å². The van der Waals surface area contributed by atoms with Gasteiger partial charge in [0.25, 0.3) is 0 Å². The second-order valence-corrected chi connectivity index (χ2v) is 6.26. The summed E-state index contributed by atoms with van der Waals surface area (Å²) >= 11 is 9.32. The van der Waals surface area contributed by atoms with Crippen LogP contribution in [-0.4, -0.2) is 17.0 Å². The van der Waals surface area contributed by atoms with Crippen molar-refractivity contribution >= 4 is 45.1 Å². The molecule has 104 valence electrons. The zero-order valence-electron chi connectivity index (χ0n) is 10.9. The summed E-state index contributed by atoms with van der Waals surface area (Å²) in [5, 5.41) is 12.2. The largest absolute Gasteiger partial charge is 0.481 e. The van der Waals surface area contributed by atoms with E-state index in [1.807, 2.05) is 6.92 Å². The van der Waals surface area contributed by atoms with Crippen LogP contribution in [0.2, 0.25) is 5.02 Å². The molecular formula is C13H15BrClNO3. The van der Waals surface area contributed by atoms with Gasteiger partial charge in [-0.25, -0.2) is 0 Å². The molecule has 1 rings (SSSR count). The van der Waals surface area contributed by atoms with Crippen LogP contribution in [0, 0.1) is 12.3 Å². The molecule has 19 heavy (non-hydrogen) atoms. The number of aliphatic carboxylic acids is 1. The fourth-order valence-corrected chi connectivity index (χ4v) is 2.13. The lowest BCUT2D eigenvalue weighted by molar-refractivity contribution is -0.148. The van der Waals surface area contributed by atoms with Crippen molar-refractivity contribution in [1.29, 1.82) is 0 Å². The van der Waals surface area contributed by atoms with Crippen molar-refractivity contribution in [2.24, 2.45) is 5.41 Å². The van der Waals surface area contributed by atoms with Crippen LogP contribution in [-0.2, 0) is 9.59 Å². The standard InChI is InChI=1S/C13H15BrClNO3/c1-7-4-8(14)10(5-9(7)15)16-11(17)6-13(2,3)12(18)19/h4-5H,6H2,1-3H3,(H,16,17)(H,18,19). The first-order valence-electron chi connectivity index (χ1n) is 5.62. The highest BCUT2D eigenvalue weighted by Crippen LogP contribution is 2.30. The molecule has 1 aromatic rings. The molecule has 0 saturated heterocycles. The number of rotatable bonds is 4. The first-order chi connectivity index (χ1) is 8.63. The Labute approximate surface area is 125 Å². The number of carbonyl (C=O) groups is 2. The smallest absolute Gasteiger partial charge is 0.309 e. The van der Waals surface area contributed by atoms with Gasteiger partial charge in [0.05, 0.1) is 11.1 Å². The number of nitrogens with one attached hydrogen (secondary N) is 1. The van der Waals surface area contributed by atoms with Crippen LogP contribution in [0.5, 0.6) is 0 Å². The Hall–Kier alpha value is -1.07. The summed E-state index contributed by atoms with van der Waals surface area (Å²) in [6, 6.07) is 3.42. The highest BCUT2D eigenvalue weighted by atomic mass is 79.9. The Balaban J connectivity index is 2.84. The molecule has 0 radical (unpaired) electrons. The summed E-state index contributed by atoms with van der Waals surface area (Å²) in [6.45, 7) is 4.87. The van der Waals surface area contributed by atoms with Crippen LogP contribution >= 0.6 is 27.5 Å². The minimum Gasteiger partial charge on any atom is -0.481 e. The van der Waals surface area contributed by atoms with Gasteiger partial charge in [-0.15, -0.1) is 0 Å². The molecule has 6 heteroatoms. The van der Waals surface area contributed by atoms with Crippen molar-refractivity contribution in [2.45, 2.75) is 27.2 Å². The molecule has 4 nitrogen and oxygen atoms in total. The van der Waals surface area contributed by atoms with Gasteiger partial charge in [0.15, 0.2) is 0 Å². The molecular weight excluding hydrogens is 334 g/mol. The number of carboxylic acid groups (broad SMARTS) is 1. The normalized spacial score (nSPS) is 11.2. The fraction of sp³-hybridized carbons (Fsp3) is 0.385. The van der Waals surface area contributed by atoms with E-state index in [1.54, 1.807) is 12.1 Å². The molecule has 0 fully saturated rings. The van der Waals surface area contributed by atoms with Gasteiger partial charge in [-0.2, -0.15) is 0 Å². The Morgan fingerprint density at radius 2 is 2.00 bits per heavy atom. The molecule has 0 heterocycles. The van der Waals surface area contributed by atoms with Crippen molar-refractivity contribution in [2.75, 3.05) is 5.32 Å². The van der Waals surface area contributed by atoms with E-state index in [4.69, 9.17) is 16.7 Å². The number of aryl methyl sites for hydroxylation is 1. The zero-order chi connectivity index (χ0) is 14.8. The van der Waals surface area contributed by atoms with Crippen LogP contribution in [0.1, 0.15) is 25.8 Å². The number of anilines is 1. The number of benzene rings is 1. The van der Waals surface area contributed by atoms with Crippen LogP contribution in [0.3, 0.4) is 0 Å². The first-order valence-corrected chi connectivity index (χ1v) is 6.79. The summed E-state index contributed by atoms with van der Waals surface area (Å²) in [4.78, 5) is 22.8. The third-order valence-corrected chi connectivity index (χ3v) is 3.77. The summed E-state index contributed by atoms with van der Waals surface area (Å²) in [5.74, 6) is -1.38. The Morgan fingerprint density at radius 3 is 2.53 bits per heavy atom. The predicted molar refractivity (Wildman–Crippen MR) is 78.6 cm³/mol. The Morgan fingerprint density at radius 1 is 1.42 bits per heavy atom. The minimum atomic E-state index is -1.11. The lowest BCUT2D eigenvalue weighted by atomic mass is 9.89. The SMILES string of the molecule is Cc1cc(Br)c(NC(=O)CC(C)(C)C(=O)O)cc1Cl. The molecule has 0 aliphatic carbocycles. The van der Waals surface area contributed by atoms with Crippen molar-refractivity contribution in [3.63, 3.8) is 0 Å². The maximum atomic E-state index is 11.8. The van der Waals surface area contributed by atoms with Crippen molar-refractivity contribution in [3.8, 4) is 0 Å². The maximum absolute atomic E-state index is 11.8. The molecule has 0 atom stereocenters.